The number of halogens is 2. The molecule has 0 radical (unpaired) electrons. The van der Waals surface area contributed by atoms with E-state index < -0.39 is 11.7 Å². The molecule has 0 spiro atoms. The molecule has 0 heterocycles. The average Bonchev–Trinajstić information content (AvgIpc) is 2.33. The van der Waals surface area contributed by atoms with E-state index in [1.54, 1.807) is 24.3 Å². The SMILES string of the molecule is CCN(CC)C(=O)/C(F)=C/c1ccc(Cl)cc1. The van der Waals surface area contributed by atoms with Crippen molar-refractivity contribution in [1.82, 2.24) is 4.90 Å². The van der Waals surface area contributed by atoms with Gasteiger partial charge in [-0.15, -0.1) is 0 Å². The first-order valence-electron chi connectivity index (χ1n) is 5.50. The molecular weight excluding hydrogens is 241 g/mol. The van der Waals surface area contributed by atoms with E-state index in [2.05, 4.69) is 0 Å². The largest absolute Gasteiger partial charge is 0.337 e. The van der Waals surface area contributed by atoms with Crippen LogP contribution in [-0.4, -0.2) is 23.9 Å². The van der Waals surface area contributed by atoms with Crippen molar-refractivity contribution >= 4 is 23.6 Å². The summed E-state index contributed by atoms with van der Waals surface area (Å²) in [5.41, 5.74) is 0.618. The highest BCUT2D eigenvalue weighted by atomic mass is 35.5. The topological polar surface area (TPSA) is 20.3 Å². The number of carbonyl (C=O) groups is 1. The second-order valence-electron chi connectivity index (χ2n) is 3.52. The lowest BCUT2D eigenvalue weighted by Crippen LogP contribution is -2.30. The van der Waals surface area contributed by atoms with Crippen molar-refractivity contribution in [2.45, 2.75) is 13.8 Å². The average molecular weight is 256 g/mol. The van der Waals surface area contributed by atoms with Crippen molar-refractivity contribution < 1.29 is 9.18 Å². The molecule has 0 unspecified atom stereocenters. The highest BCUT2D eigenvalue weighted by Crippen LogP contribution is 2.14. The van der Waals surface area contributed by atoms with Gasteiger partial charge in [0, 0.05) is 18.1 Å². The van der Waals surface area contributed by atoms with E-state index in [0.29, 0.717) is 23.7 Å². The second kappa shape index (κ2) is 6.40. The van der Waals surface area contributed by atoms with Crippen LogP contribution in [0.4, 0.5) is 4.39 Å². The highest BCUT2D eigenvalue weighted by molar-refractivity contribution is 6.30. The molecule has 0 bridgehead atoms. The van der Waals surface area contributed by atoms with Gasteiger partial charge in [-0.2, -0.15) is 0 Å². The quantitative estimate of drug-likeness (QED) is 0.754. The summed E-state index contributed by atoms with van der Waals surface area (Å²) in [5, 5.41) is 0.581. The first-order chi connectivity index (χ1) is 8.08. The predicted octanol–water partition coefficient (Wildman–Crippen LogP) is 3.52. The highest BCUT2D eigenvalue weighted by Gasteiger charge is 2.14. The number of carbonyl (C=O) groups excluding carboxylic acids is 1. The number of amides is 1. The van der Waals surface area contributed by atoms with Crippen LogP contribution in [0.2, 0.25) is 5.02 Å². The van der Waals surface area contributed by atoms with Gasteiger partial charge in [-0.3, -0.25) is 4.79 Å². The minimum absolute atomic E-state index is 0.497. The molecule has 17 heavy (non-hydrogen) atoms. The van der Waals surface area contributed by atoms with E-state index in [1.165, 1.54) is 11.0 Å². The molecule has 0 aromatic heterocycles. The Morgan fingerprint density at radius 3 is 2.29 bits per heavy atom. The van der Waals surface area contributed by atoms with Crippen LogP contribution in [-0.2, 0) is 4.79 Å². The van der Waals surface area contributed by atoms with Gasteiger partial charge < -0.3 is 4.90 Å². The van der Waals surface area contributed by atoms with E-state index in [9.17, 15) is 9.18 Å². The lowest BCUT2D eigenvalue weighted by atomic mass is 10.2. The summed E-state index contributed by atoms with van der Waals surface area (Å²) in [6.45, 7) is 4.63. The normalized spacial score (nSPS) is 11.4. The van der Waals surface area contributed by atoms with E-state index in [1.807, 2.05) is 13.8 Å². The van der Waals surface area contributed by atoms with Crippen molar-refractivity contribution in [3.05, 3.63) is 40.7 Å². The Morgan fingerprint density at radius 1 is 1.29 bits per heavy atom. The third-order valence-corrected chi connectivity index (χ3v) is 2.67. The molecule has 0 aliphatic carbocycles. The molecule has 0 fully saturated rings. The molecule has 92 valence electrons. The monoisotopic (exact) mass is 255 g/mol. The maximum atomic E-state index is 13.6. The number of hydrogen-bond acceptors (Lipinski definition) is 1. The third kappa shape index (κ3) is 3.86. The summed E-state index contributed by atoms with van der Waals surface area (Å²) in [6, 6.07) is 6.64. The molecule has 1 aromatic carbocycles. The smallest absolute Gasteiger partial charge is 0.282 e. The van der Waals surface area contributed by atoms with E-state index in [-0.39, 0.29) is 0 Å². The van der Waals surface area contributed by atoms with Crippen LogP contribution in [0.25, 0.3) is 6.08 Å². The van der Waals surface area contributed by atoms with Crippen molar-refractivity contribution in [2.24, 2.45) is 0 Å². The number of likely N-dealkylation sites (N-methyl/N-ethyl adjacent to an activating group) is 1. The first kappa shape index (κ1) is 13.7. The van der Waals surface area contributed by atoms with Crippen LogP contribution in [0.1, 0.15) is 19.4 Å². The van der Waals surface area contributed by atoms with Gasteiger partial charge in [0.15, 0.2) is 5.83 Å². The Labute approximate surface area is 106 Å². The van der Waals surface area contributed by atoms with Crippen LogP contribution >= 0.6 is 11.6 Å². The zero-order chi connectivity index (χ0) is 12.8. The Morgan fingerprint density at radius 2 is 1.82 bits per heavy atom. The van der Waals surface area contributed by atoms with Gasteiger partial charge in [0.2, 0.25) is 0 Å². The Balaban J connectivity index is 2.85. The van der Waals surface area contributed by atoms with Crippen LogP contribution in [0.5, 0.6) is 0 Å². The number of nitrogens with zero attached hydrogens (tertiary/aromatic N) is 1. The van der Waals surface area contributed by atoms with Crippen molar-refractivity contribution in [2.75, 3.05) is 13.1 Å². The van der Waals surface area contributed by atoms with Gasteiger partial charge in [-0.1, -0.05) is 23.7 Å². The molecule has 0 N–H and O–H groups in total. The van der Waals surface area contributed by atoms with E-state index in [0.717, 1.165) is 0 Å². The second-order valence-corrected chi connectivity index (χ2v) is 3.96. The summed E-state index contributed by atoms with van der Waals surface area (Å²) in [7, 11) is 0. The molecule has 1 amide bonds. The minimum atomic E-state index is -0.754. The van der Waals surface area contributed by atoms with E-state index >= 15 is 0 Å². The van der Waals surface area contributed by atoms with Gasteiger partial charge in [0.25, 0.3) is 5.91 Å². The fourth-order valence-corrected chi connectivity index (χ4v) is 1.55. The van der Waals surface area contributed by atoms with Gasteiger partial charge in [-0.25, -0.2) is 4.39 Å². The molecule has 2 nitrogen and oxygen atoms in total. The maximum Gasteiger partial charge on any atom is 0.282 e. The molecule has 1 aromatic rings. The van der Waals surface area contributed by atoms with Crippen molar-refractivity contribution in [3.63, 3.8) is 0 Å². The summed E-state index contributed by atoms with van der Waals surface area (Å²) in [5.74, 6) is -1.33. The molecule has 4 heteroatoms. The minimum Gasteiger partial charge on any atom is -0.337 e. The number of hydrogen-bond donors (Lipinski definition) is 0. The first-order valence-corrected chi connectivity index (χ1v) is 5.88. The lowest BCUT2D eigenvalue weighted by Gasteiger charge is -2.17. The summed E-state index contributed by atoms with van der Waals surface area (Å²) in [4.78, 5) is 13.1. The fourth-order valence-electron chi connectivity index (χ4n) is 1.43. The van der Waals surface area contributed by atoms with E-state index in [4.69, 9.17) is 11.6 Å². The zero-order valence-electron chi connectivity index (χ0n) is 9.91. The Kier molecular flexibility index (Phi) is 5.16. The van der Waals surface area contributed by atoms with Crippen molar-refractivity contribution in [1.29, 1.82) is 0 Å². The van der Waals surface area contributed by atoms with Crippen LogP contribution in [0.3, 0.4) is 0 Å². The molecule has 0 saturated heterocycles. The van der Waals surface area contributed by atoms with Crippen LogP contribution in [0, 0.1) is 0 Å². The third-order valence-electron chi connectivity index (χ3n) is 2.42. The Hall–Kier alpha value is -1.35. The summed E-state index contributed by atoms with van der Waals surface area (Å²) < 4.78 is 13.6. The standard InChI is InChI=1S/C13H15ClFNO/c1-3-16(4-2)13(17)12(15)9-10-5-7-11(14)8-6-10/h5-9H,3-4H2,1-2H3/b12-9-. The molecule has 0 atom stereocenters. The van der Waals surface area contributed by atoms with Gasteiger partial charge in [-0.05, 0) is 37.6 Å². The molecule has 0 aliphatic heterocycles. The molecule has 0 saturated carbocycles. The Bertz CT molecular complexity index is 410. The maximum absolute atomic E-state index is 13.6. The summed E-state index contributed by atoms with van der Waals surface area (Å²) >= 11 is 5.72. The van der Waals surface area contributed by atoms with Crippen molar-refractivity contribution in [3.8, 4) is 0 Å². The van der Waals surface area contributed by atoms with Crippen LogP contribution < -0.4 is 0 Å². The fraction of sp³-hybridized carbons (Fsp3) is 0.308. The van der Waals surface area contributed by atoms with Gasteiger partial charge in [0.1, 0.15) is 0 Å². The van der Waals surface area contributed by atoms with Gasteiger partial charge >= 0.3 is 0 Å². The van der Waals surface area contributed by atoms with Gasteiger partial charge in [0.05, 0.1) is 0 Å². The molecule has 0 aliphatic rings. The lowest BCUT2D eigenvalue weighted by molar-refractivity contribution is -0.128. The summed E-state index contributed by atoms with van der Waals surface area (Å²) in [6.07, 6.45) is 1.22. The molecule has 1 rings (SSSR count). The molecular formula is C13H15ClFNO. The zero-order valence-corrected chi connectivity index (χ0v) is 10.7. The number of rotatable bonds is 4. The van der Waals surface area contributed by atoms with Crippen LogP contribution in [0.15, 0.2) is 30.1 Å². The number of benzene rings is 1. The predicted molar refractivity (Wildman–Crippen MR) is 68.5 cm³/mol.